The number of carboxylic acids is 1. The standard InChI is InChI=1S/C19H28N2O5/c1-5-13(4)16(17(22)20-15(12(2)3)18(23)24)21-19(25)26-11-14-9-7-6-8-10-14/h6-10,12-13,15-16H,5,11H2,1-4H3,(H,20,22)(H,21,25)(H,23,24)/t13?,15-,16?/m0/s1. The lowest BCUT2D eigenvalue weighted by molar-refractivity contribution is -0.143. The molecule has 1 aromatic rings. The monoisotopic (exact) mass is 364 g/mol. The Bertz CT molecular complexity index is 603. The summed E-state index contributed by atoms with van der Waals surface area (Å²) < 4.78 is 5.16. The van der Waals surface area contributed by atoms with Crippen LogP contribution in [0.3, 0.4) is 0 Å². The van der Waals surface area contributed by atoms with Crippen molar-refractivity contribution in [3.8, 4) is 0 Å². The van der Waals surface area contributed by atoms with Gasteiger partial charge in [-0.1, -0.05) is 64.4 Å². The molecule has 0 saturated carbocycles. The largest absolute Gasteiger partial charge is 0.480 e. The number of amides is 2. The fourth-order valence-electron chi connectivity index (χ4n) is 2.35. The van der Waals surface area contributed by atoms with E-state index in [4.69, 9.17) is 4.74 Å². The van der Waals surface area contributed by atoms with Crippen LogP contribution in [0.5, 0.6) is 0 Å². The van der Waals surface area contributed by atoms with E-state index in [-0.39, 0.29) is 18.4 Å². The fraction of sp³-hybridized carbons (Fsp3) is 0.526. The number of carbonyl (C=O) groups excluding carboxylic acids is 2. The highest BCUT2D eigenvalue weighted by molar-refractivity contribution is 5.89. The number of nitrogens with one attached hydrogen (secondary N) is 2. The van der Waals surface area contributed by atoms with Gasteiger partial charge in [-0.3, -0.25) is 4.79 Å². The molecule has 0 aliphatic heterocycles. The summed E-state index contributed by atoms with van der Waals surface area (Å²) in [6, 6.07) is 7.30. The smallest absolute Gasteiger partial charge is 0.408 e. The molecule has 0 aliphatic carbocycles. The third kappa shape index (κ3) is 6.74. The van der Waals surface area contributed by atoms with Crippen molar-refractivity contribution in [3.05, 3.63) is 35.9 Å². The molecule has 3 atom stereocenters. The average Bonchev–Trinajstić information content (AvgIpc) is 2.61. The lowest BCUT2D eigenvalue weighted by Gasteiger charge is -2.26. The van der Waals surface area contributed by atoms with Crippen LogP contribution in [-0.2, 0) is 20.9 Å². The van der Waals surface area contributed by atoms with E-state index in [1.165, 1.54) is 0 Å². The number of rotatable bonds is 9. The van der Waals surface area contributed by atoms with E-state index < -0.39 is 30.1 Å². The summed E-state index contributed by atoms with van der Waals surface area (Å²) in [5.41, 5.74) is 0.831. The Morgan fingerprint density at radius 3 is 2.15 bits per heavy atom. The molecule has 2 amide bonds. The van der Waals surface area contributed by atoms with Crippen LogP contribution in [0.1, 0.15) is 39.7 Å². The van der Waals surface area contributed by atoms with Crippen LogP contribution in [0.2, 0.25) is 0 Å². The van der Waals surface area contributed by atoms with Gasteiger partial charge in [-0.2, -0.15) is 0 Å². The van der Waals surface area contributed by atoms with E-state index in [1.54, 1.807) is 13.8 Å². The lowest BCUT2D eigenvalue weighted by atomic mass is 9.97. The summed E-state index contributed by atoms with van der Waals surface area (Å²) in [7, 11) is 0. The molecule has 7 heteroatoms. The molecule has 3 N–H and O–H groups in total. The number of hydrogen-bond donors (Lipinski definition) is 3. The number of hydrogen-bond acceptors (Lipinski definition) is 4. The zero-order chi connectivity index (χ0) is 19.7. The first-order valence-electron chi connectivity index (χ1n) is 8.76. The number of alkyl carbamates (subject to hydrolysis) is 1. The zero-order valence-electron chi connectivity index (χ0n) is 15.7. The predicted molar refractivity (Wildman–Crippen MR) is 97.4 cm³/mol. The van der Waals surface area contributed by atoms with Gasteiger partial charge in [0.2, 0.25) is 5.91 Å². The van der Waals surface area contributed by atoms with Gasteiger partial charge in [-0.25, -0.2) is 9.59 Å². The van der Waals surface area contributed by atoms with Gasteiger partial charge in [-0.05, 0) is 17.4 Å². The third-order valence-electron chi connectivity index (χ3n) is 4.21. The molecule has 2 unspecified atom stereocenters. The van der Waals surface area contributed by atoms with Crippen molar-refractivity contribution in [2.45, 2.75) is 52.8 Å². The first kappa shape index (κ1) is 21.5. The maximum absolute atomic E-state index is 12.5. The number of carboxylic acid groups (broad SMARTS) is 1. The predicted octanol–water partition coefficient (Wildman–Crippen LogP) is 2.55. The lowest BCUT2D eigenvalue weighted by Crippen LogP contribution is -2.55. The third-order valence-corrected chi connectivity index (χ3v) is 4.21. The highest BCUT2D eigenvalue weighted by Gasteiger charge is 2.31. The van der Waals surface area contributed by atoms with Crippen molar-refractivity contribution in [1.29, 1.82) is 0 Å². The van der Waals surface area contributed by atoms with Gasteiger partial charge in [0.1, 0.15) is 18.7 Å². The average molecular weight is 364 g/mol. The maximum atomic E-state index is 12.5. The Hall–Kier alpha value is -2.57. The van der Waals surface area contributed by atoms with Crippen molar-refractivity contribution in [2.75, 3.05) is 0 Å². The van der Waals surface area contributed by atoms with Gasteiger partial charge < -0.3 is 20.5 Å². The quantitative estimate of drug-likeness (QED) is 0.625. The molecule has 0 heterocycles. The molecular formula is C19H28N2O5. The van der Waals surface area contributed by atoms with E-state index in [1.807, 2.05) is 44.2 Å². The molecule has 0 radical (unpaired) electrons. The molecule has 0 saturated heterocycles. The van der Waals surface area contributed by atoms with Gasteiger partial charge in [0.25, 0.3) is 0 Å². The Labute approximate surface area is 154 Å². The first-order valence-corrected chi connectivity index (χ1v) is 8.76. The maximum Gasteiger partial charge on any atom is 0.408 e. The molecule has 0 fully saturated rings. The van der Waals surface area contributed by atoms with E-state index in [0.29, 0.717) is 6.42 Å². The molecule has 0 spiro atoms. The van der Waals surface area contributed by atoms with E-state index in [0.717, 1.165) is 5.56 Å². The van der Waals surface area contributed by atoms with E-state index >= 15 is 0 Å². The molecule has 0 aliphatic rings. The molecule has 144 valence electrons. The minimum atomic E-state index is -1.11. The summed E-state index contributed by atoms with van der Waals surface area (Å²) >= 11 is 0. The van der Waals surface area contributed by atoms with Crippen molar-refractivity contribution < 1.29 is 24.2 Å². The molecule has 7 nitrogen and oxygen atoms in total. The van der Waals surface area contributed by atoms with Crippen LogP contribution in [-0.4, -0.2) is 35.2 Å². The van der Waals surface area contributed by atoms with Gasteiger partial charge in [0.05, 0.1) is 0 Å². The highest BCUT2D eigenvalue weighted by atomic mass is 16.5. The van der Waals surface area contributed by atoms with Crippen molar-refractivity contribution in [3.63, 3.8) is 0 Å². The first-order chi connectivity index (χ1) is 12.3. The van der Waals surface area contributed by atoms with Crippen LogP contribution >= 0.6 is 0 Å². The van der Waals surface area contributed by atoms with Gasteiger partial charge in [0.15, 0.2) is 0 Å². The number of carbonyl (C=O) groups is 3. The summed E-state index contributed by atoms with van der Waals surface area (Å²) in [6.45, 7) is 7.20. The highest BCUT2D eigenvalue weighted by Crippen LogP contribution is 2.11. The Morgan fingerprint density at radius 2 is 1.65 bits per heavy atom. The van der Waals surface area contributed by atoms with Crippen LogP contribution < -0.4 is 10.6 Å². The molecule has 1 aromatic carbocycles. The SMILES string of the molecule is CCC(C)C(NC(=O)OCc1ccccc1)C(=O)N[C@H](C(=O)O)C(C)C. The van der Waals surface area contributed by atoms with Gasteiger partial charge in [0, 0.05) is 0 Å². The summed E-state index contributed by atoms with van der Waals surface area (Å²) in [4.78, 5) is 35.9. The minimum absolute atomic E-state index is 0.0886. The van der Waals surface area contributed by atoms with Gasteiger partial charge >= 0.3 is 12.1 Å². The number of ether oxygens (including phenoxy) is 1. The Balaban J connectivity index is 2.71. The summed E-state index contributed by atoms with van der Waals surface area (Å²) in [6.07, 6.45) is -0.0815. The number of aliphatic carboxylic acids is 1. The normalized spacial score (nSPS) is 14.2. The Morgan fingerprint density at radius 1 is 1.04 bits per heavy atom. The van der Waals surface area contributed by atoms with Crippen molar-refractivity contribution in [2.24, 2.45) is 11.8 Å². The van der Waals surface area contributed by atoms with Crippen LogP contribution in [0.15, 0.2) is 30.3 Å². The molecular weight excluding hydrogens is 336 g/mol. The Kier molecular flexibility index (Phi) is 8.61. The van der Waals surface area contributed by atoms with E-state index in [9.17, 15) is 19.5 Å². The summed E-state index contributed by atoms with van der Waals surface area (Å²) in [5, 5.41) is 14.3. The van der Waals surface area contributed by atoms with Crippen LogP contribution in [0, 0.1) is 11.8 Å². The van der Waals surface area contributed by atoms with Crippen molar-refractivity contribution in [1.82, 2.24) is 10.6 Å². The second-order valence-corrected chi connectivity index (χ2v) is 6.64. The molecule has 0 bridgehead atoms. The molecule has 26 heavy (non-hydrogen) atoms. The topological polar surface area (TPSA) is 105 Å². The zero-order valence-corrected chi connectivity index (χ0v) is 15.7. The van der Waals surface area contributed by atoms with Gasteiger partial charge in [-0.15, -0.1) is 0 Å². The minimum Gasteiger partial charge on any atom is -0.480 e. The fourth-order valence-corrected chi connectivity index (χ4v) is 2.35. The molecule has 0 aromatic heterocycles. The van der Waals surface area contributed by atoms with Crippen LogP contribution in [0.25, 0.3) is 0 Å². The second kappa shape index (κ2) is 10.4. The second-order valence-electron chi connectivity index (χ2n) is 6.64. The van der Waals surface area contributed by atoms with E-state index in [2.05, 4.69) is 10.6 Å². The van der Waals surface area contributed by atoms with Crippen molar-refractivity contribution >= 4 is 18.0 Å². The number of benzene rings is 1. The summed E-state index contributed by atoms with van der Waals surface area (Å²) in [5.74, 6) is -2.10. The van der Waals surface area contributed by atoms with Crippen LogP contribution in [0.4, 0.5) is 4.79 Å². The molecule has 1 rings (SSSR count).